The van der Waals surface area contributed by atoms with Crippen LogP contribution < -0.4 is 10.2 Å². The van der Waals surface area contributed by atoms with E-state index in [9.17, 15) is 0 Å². The summed E-state index contributed by atoms with van der Waals surface area (Å²) in [5.74, 6) is 0. The summed E-state index contributed by atoms with van der Waals surface area (Å²) in [6.45, 7) is 6.37. The highest BCUT2D eigenvalue weighted by molar-refractivity contribution is 7.15. The predicted molar refractivity (Wildman–Crippen MR) is 78.4 cm³/mol. The van der Waals surface area contributed by atoms with Crippen LogP contribution in [0.5, 0.6) is 0 Å². The molecule has 0 bridgehead atoms. The Kier molecular flexibility index (Phi) is 4.97. The lowest BCUT2D eigenvalue weighted by Crippen LogP contribution is -2.41. The van der Waals surface area contributed by atoms with Gasteiger partial charge in [0.05, 0.1) is 0 Å². The molecule has 1 aromatic heterocycles. The molecule has 2 rings (SSSR count). The minimum atomic E-state index is 0.738. The molecule has 0 amide bonds. The Labute approximate surface area is 114 Å². The van der Waals surface area contributed by atoms with Crippen LogP contribution in [-0.2, 0) is 6.54 Å². The van der Waals surface area contributed by atoms with Gasteiger partial charge >= 0.3 is 0 Å². The smallest absolute Gasteiger partial charge is 0.185 e. The van der Waals surface area contributed by atoms with Crippen LogP contribution in [0.4, 0.5) is 5.13 Å². The minimum Gasteiger partial charge on any atom is -0.348 e. The molecule has 0 radical (unpaired) electrons. The van der Waals surface area contributed by atoms with E-state index >= 15 is 0 Å². The number of nitrogens with one attached hydrogen (secondary N) is 1. The van der Waals surface area contributed by atoms with Crippen molar-refractivity contribution >= 4 is 16.5 Å². The summed E-state index contributed by atoms with van der Waals surface area (Å²) >= 11 is 1.83. The lowest BCUT2D eigenvalue weighted by atomic mass is 10.0. The van der Waals surface area contributed by atoms with Gasteiger partial charge in [0.1, 0.15) is 0 Å². The van der Waals surface area contributed by atoms with Crippen molar-refractivity contribution in [2.45, 2.75) is 32.4 Å². The zero-order valence-corrected chi connectivity index (χ0v) is 12.5. The lowest BCUT2D eigenvalue weighted by Gasteiger charge is -2.35. The summed E-state index contributed by atoms with van der Waals surface area (Å²) in [7, 11) is 4.36. The van der Waals surface area contributed by atoms with Crippen LogP contribution in [0, 0.1) is 0 Å². The maximum Gasteiger partial charge on any atom is 0.185 e. The fourth-order valence-corrected chi connectivity index (χ4v) is 3.28. The van der Waals surface area contributed by atoms with E-state index in [0.717, 1.165) is 32.2 Å². The first-order valence-corrected chi connectivity index (χ1v) is 7.59. The van der Waals surface area contributed by atoms with E-state index in [1.54, 1.807) is 0 Å². The molecule has 18 heavy (non-hydrogen) atoms. The molecule has 0 aromatic carbocycles. The quantitative estimate of drug-likeness (QED) is 0.882. The number of hydrogen-bond donors (Lipinski definition) is 1. The van der Waals surface area contributed by atoms with E-state index < -0.39 is 0 Å². The van der Waals surface area contributed by atoms with Crippen LogP contribution in [-0.4, -0.2) is 49.7 Å². The number of aromatic nitrogens is 1. The van der Waals surface area contributed by atoms with Crippen molar-refractivity contribution in [2.75, 3.05) is 38.6 Å². The standard InChI is InChI=1S/C13H24N4S/c1-4-14-9-12-10-15-13(18-12)17-7-5-11(6-8-17)16(2)3/h10-11,14H,4-9H2,1-3H3. The molecular formula is C13H24N4S. The SMILES string of the molecule is CCNCc1cnc(N2CCC(N(C)C)CC2)s1. The van der Waals surface area contributed by atoms with Gasteiger partial charge in [0, 0.05) is 36.8 Å². The minimum absolute atomic E-state index is 0.738. The molecule has 0 aliphatic carbocycles. The monoisotopic (exact) mass is 268 g/mol. The van der Waals surface area contributed by atoms with Crippen molar-refractivity contribution in [3.8, 4) is 0 Å². The van der Waals surface area contributed by atoms with Crippen molar-refractivity contribution in [1.82, 2.24) is 15.2 Å². The Morgan fingerprint density at radius 1 is 1.44 bits per heavy atom. The Morgan fingerprint density at radius 2 is 2.17 bits per heavy atom. The topological polar surface area (TPSA) is 31.4 Å². The summed E-state index contributed by atoms with van der Waals surface area (Å²) in [6, 6.07) is 0.738. The van der Waals surface area contributed by atoms with Crippen LogP contribution >= 0.6 is 11.3 Å². The van der Waals surface area contributed by atoms with Gasteiger partial charge in [0.25, 0.3) is 0 Å². The Balaban J connectivity index is 1.87. The lowest BCUT2D eigenvalue weighted by molar-refractivity contribution is 0.249. The maximum atomic E-state index is 4.55. The van der Waals surface area contributed by atoms with E-state index in [1.807, 2.05) is 17.5 Å². The zero-order chi connectivity index (χ0) is 13.0. The molecule has 0 spiro atoms. The van der Waals surface area contributed by atoms with Crippen LogP contribution in [0.15, 0.2) is 6.20 Å². The van der Waals surface area contributed by atoms with Gasteiger partial charge in [-0.2, -0.15) is 0 Å². The van der Waals surface area contributed by atoms with Crippen molar-refractivity contribution in [3.63, 3.8) is 0 Å². The fraction of sp³-hybridized carbons (Fsp3) is 0.769. The van der Waals surface area contributed by atoms with Gasteiger partial charge in [0.15, 0.2) is 5.13 Å². The summed E-state index contributed by atoms with van der Waals surface area (Å²) in [5.41, 5.74) is 0. The zero-order valence-electron chi connectivity index (χ0n) is 11.6. The predicted octanol–water partition coefficient (Wildman–Crippen LogP) is 1.78. The average Bonchev–Trinajstić information content (AvgIpc) is 2.85. The fourth-order valence-electron chi connectivity index (χ4n) is 2.35. The molecule has 0 saturated carbocycles. The van der Waals surface area contributed by atoms with Gasteiger partial charge in [-0.1, -0.05) is 6.92 Å². The normalized spacial score (nSPS) is 17.7. The molecule has 102 valence electrons. The molecule has 0 atom stereocenters. The third kappa shape index (κ3) is 3.43. The highest BCUT2D eigenvalue weighted by atomic mass is 32.1. The first-order valence-electron chi connectivity index (χ1n) is 6.77. The molecule has 2 heterocycles. The number of nitrogens with zero attached hydrogens (tertiary/aromatic N) is 3. The Morgan fingerprint density at radius 3 is 2.78 bits per heavy atom. The molecule has 0 unspecified atom stereocenters. The Bertz CT molecular complexity index is 356. The molecule has 1 saturated heterocycles. The summed E-state index contributed by atoms with van der Waals surface area (Å²) < 4.78 is 0. The number of hydrogen-bond acceptors (Lipinski definition) is 5. The molecule has 5 heteroatoms. The van der Waals surface area contributed by atoms with Crippen molar-refractivity contribution < 1.29 is 0 Å². The van der Waals surface area contributed by atoms with Crippen LogP contribution in [0.1, 0.15) is 24.6 Å². The van der Waals surface area contributed by atoms with Gasteiger partial charge in [0.2, 0.25) is 0 Å². The number of thiazole rings is 1. The molecule has 1 aliphatic heterocycles. The largest absolute Gasteiger partial charge is 0.348 e. The van der Waals surface area contributed by atoms with Gasteiger partial charge in [-0.3, -0.25) is 0 Å². The maximum absolute atomic E-state index is 4.55. The third-order valence-corrected chi connectivity index (χ3v) is 4.61. The second-order valence-corrected chi connectivity index (χ2v) is 6.16. The molecule has 1 fully saturated rings. The average molecular weight is 268 g/mol. The molecule has 1 aliphatic rings. The van der Waals surface area contributed by atoms with Crippen LogP contribution in [0.25, 0.3) is 0 Å². The van der Waals surface area contributed by atoms with Crippen LogP contribution in [0.2, 0.25) is 0 Å². The van der Waals surface area contributed by atoms with Gasteiger partial charge in [-0.25, -0.2) is 4.98 Å². The molecule has 1 aromatic rings. The molecule has 4 nitrogen and oxygen atoms in total. The highest BCUT2D eigenvalue weighted by Gasteiger charge is 2.22. The summed E-state index contributed by atoms with van der Waals surface area (Å²) in [5, 5.41) is 4.54. The highest BCUT2D eigenvalue weighted by Crippen LogP contribution is 2.26. The second-order valence-electron chi connectivity index (χ2n) is 5.07. The number of anilines is 1. The number of rotatable bonds is 5. The molecule has 1 N–H and O–H groups in total. The first kappa shape index (κ1) is 13.8. The van der Waals surface area contributed by atoms with Crippen molar-refractivity contribution in [3.05, 3.63) is 11.1 Å². The van der Waals surface area contributed by atoms with Gasteiger partial charge in [-0.15, -0.1) is 11.3 Å². The van der Waals surface area contributed by atoms with Crippen LogP contribution in [0.3, 0.4) is 0 Å². The van der Waals surface area contributed by atoms with E-state index in [-0.39, 0.29) is 0 Å². The van der Waals surface area contributed by atoms with E-state index in [1.165, 1.54) is 22.9 Å². The third-order valence-electron chi connectivity index (χ3n) is 3.56. The Hall–Kier alpha value is -0.650. The van der Waals surface area contributed by atoms with E-state index in [2.05, 4.69) is 41.1 Å². The van der Waals surface area contributed by atoms with Crippen molar-refractivity contribution in [1.29, 1.82) is 0 Å². The van der Waals surface area contributed by atoms with Gasteiger partial charge < -0.3 is 15.1 Å². The second kappa shape index (κ2) is 6.50. The number of piperidine rings is 1. The van der Waals surface area contributed by atoms with Gasteiger partial charge in [-0.05, 0) is 33.5 Å². The molecular weight excluding hydrogens is 244 g/mol. The summed E-state index contributed by atoms with van der Waals surface area (Å²) in [4.78, 5) is 10.7. The first-order chi connectivity index (χ1) is 8.70. The van der Waals surface area contributed by atoms with E-state index in [4.69, 9.17) is 0 Å². The van der Waals surface area contributed by atoms with Crippen molar-refractivity contribution in [2.24, 2.45) is 0 Å². The summed E-state index contributed by atoms with van der Waals surface area (Å²) in [6.07, 6.45) is 4.50. The van der Waals surface area contributed by atoms with E-state index in [0.29, 0.717) is 0 Å².